The van der Waals surface area contributed by atoms with E-state index in [1.807, 2.05) is 0 Å². The second kappa shape index (κ2) is 5.42. The van der Waals surface area contributed by atoms with Gasteiger partial charge in [-0.3, -0.25) is 40.7 Å². The zero-order chi connectivity index (χ0) is 11.6. The Hall–Kier alpha value is -0.925. The van der Waals surface area contributed by atoms with Crippen LogP contribution >= 0.6 is 0 Å². The standard InChI is InChI=1S/C2N7O6.Rb/c10-7(11)2(8(12)13,9(14)15)1-3-5-6-4-1;/q-1;+1. The van der Waals surface area contributed by atoms with Crippen molar-refractivity contribution < 1.29 is 73.0 Å². The van der Waals surface area contributed by atoms with E-state index in [0.717, 1.165) is 0 Å². The van der Waals surface area contributed by atoms with Crippen LogP contribution in [0, 0.1) is 30.3 Å². The minimum Gasteiger partial charge on any atom is -0.315 e. The molecule has 0 spiro atoms. The zero-order valence-corrected chi connectivity index (χ0v) is 12.5. The van der Waals surface area contributed by atoms with Crippen molar-refractivity contribution in [2.24, 2.45) is 0 Å². The summed E-state index contributed by atoms with van der Waals surface area (Å²) in [5, 5.41) is 42.1. The van der Waals surface area contributed by atoms with Gasteiger partial charge in [0.25, 0.3) is 5.82 Å². The van der Waals surface area contributed by atoms with Gasteiger partial charge in [0.15, 0.2) is 14.8 Å². The van der Waals surface area contributed by atoms with E-state index < -0.39 is 26.4 Å². The molecule has 16 heavy (non-hydrogen) atoms. The molecule has 0 aliphatic heterocycles. The van der Waals surface area contributed by atoms with Gasteiger partial charge >= 0.3 is 64.0 Å². The van der Waals surface area contributed by atoms with Crippen LogP contribution in [0.3, 0.4) is 0 Å². The van der Waals surface area contributed by atoms with E-state index in [0.29, 0.717) is 0 Å². The molecule has 0 radical (unpaired) electrons. The SMILES string of the molecule is O=[N+]([O-])C(c1nnn[n-]1)([N+](=O)[O-])[N+](=O)[O-].[Rb+]. The molecule has 0 unspecified atom stereocenters. The number of rotatable bonds is 4. The second-order valence-electron chi connectivity index (χ2n) is 2.11. The molecule has 0 fully saturated rings. The smallest absolute Gasteiger partial charge is 0.315 e. The molecular formula is C2N7O6Rb. The largest absolute Gasteiger partial charge is 1.00 e. The van der Waals surface area contributed by atoms with Crippen LogP contribution in [0.1, 0.15) is 5.82 Å². The van der Waals surface area contributed by atoms with Gasteiger partial charge in [-0.1, -0.05) is 0 Å². The maximum Gasteiger partial charge on any atom is 1.00 e. The number of hydrogen-bond donors (Lipinski definition) is 0. The first-order valence-corrected chi connectivity index (χ1v) is 3.06. The van der Waals surface area contributed by atoms with Crippen LogP contribution in [0.2, 0.25) is 0 Å². The van der Waals surface area contributed by atoms with E-state index in [1.54, 1.807) is 0 Å². The van der Waals surface area contributed by atoms with Crippen molar-refractivity contribution in [1.82, 2.24) is 20.6 Å². The van der Waals surface area contributed by atoms with Crippen molar-refractivity contribution in [3.8, 4) is 0 Å². The Morgan fingerprint density at radius 3 is 1.75 bits per heavy atom. The van der Waals surface area contributed by atoms with E-state index in [2.05, 4.69) is 20.6 Å². The number of aromatic nitrogens is 4. The molecule has 0 aliphatic rings. The van der Waals surface area contributed by atoms with E-state index in [1.165, 1.54) is 0 Å². The Morgan fingerprint density at radius 2 is 1.50 bits per heavy atom. The van der Waals surface area contributed by atoms with Gasteiger partial charge in [-0.05, 0) is 0 Å². The van der Waals surface area contributed by atoms with Crippen molar-refractivity contribution in [3.05, 3.63) is 36.2 Å². The first-order chi connectivity index (χ1) is 6.94. The minimum atomic E-state index is -3.86. The normalized spacial score (nSPS) is 10.2. The molecule has 1 heterocycles. The number of nitrogens with zero attached hydrogens (tertiary/aromatic N) is 7. The summed E-state index contributed by atoms with van der Waals surface area (Å²) in [5.41, 5.74) is 0. The summed E-state index contributed by atoms with van der Waals surface area (Å²) in [6.07, 6.45) is 0. The fourth-order valence-corrected chi connectivity index (χ4v) is 0.724. The van der Waals surface area contributed by atoms with Crippen LogP contribution in [0.5, 0.6) is 0 Å². The Kier molecular flexibility index (Phi) is 5.10. The molecule has 13 nitrogen and oxygen atoms in total. The molecule has 1 aromatic heterocycles. The van der Waals surface area contributed by atoms with Gasteiger partial charge in [-0.15, -0.1) is 0 Å². The van der Waals surface area contributed by atoms with Gasteiger partial charge in [0.05, 0.1) is 0 Å². The van der Waals surface area contributed by atoms with Gasteiger partial charge in [-0.25, -0.2) is 0 Å². The molecule has 80 valence electrons. The molecule has 1 aromatic rings. The Morgan fingerprint density at radius 1 is 1.06 bits per heavy atom. The minimum absolute atomic E-state index is 0. The summed E-state index contributed by atoms with van der Waals surface area (Å²) in [7, 11) is 0. The predicted octanol–water partition coefficient (Wildman–Crippen LogP) is -5.23. The zero-order valence-electron chi connectivity index (χ0n) is 7.58. The third-order valence-corrected chi connectivity index (χ3v) is 1.38. The summed E-state index contributed by atoms with van der Waals surface area (Å²) >= 11 is 0. The Balaban J connectivity index is 0.00000225. The monoisotopic (exact) mass is 303 g/mol. The van der Waals surface area contributed by atoms with Crippen molar-refractivity contribution in [1.29, 1.82) is 0 Å². The second-order valence-corrected chi connectivity index (χ2v) is 2.11. The number of tetrazole rings is 1. The maximum absolute atomic E-state index is 10.4. The van der Waals surface area contributed by atoms with Gasteiger partial charge in [0.2, 0.25) is 0 Å². The molecule has 0 saturated heterocycles. The van der Waals surface area contributed by atoms with Crippen LogP contribution < -0.4 is 63.3 Å². The van der Waals surface area contributed by atoms with Crippen molar-refractivity contribution in [2.45, 2.75) is 5.79 Å². The van der Waals surface area contributed by atoms with Crippen LogP contribution in [-0.2, 0) is 5.79 Å². The van der Waals surface area contributed by atoms with Gasteiger partial charge in [0.1, 0.15) is 0 Å². The Labute approximate surface area is 134 Å². The molecular weight excluding hydrogens is 304 g/mol. The van der Waals surface area contributed by atoms with E-state index in [9.17, 15) is 30.3 Å². The topological polar surface area (TPSA) is 182 Å². The molecule has 0 saturated carbocycles. The molecule has 0 aliphatic carbocycles. The first-order valence-electron chi connectivity index (χ1n) is 3.06. The third kappa shape index (κ3) is 2.11. The van der Waals surface area contributed by atoms with Crippen molar-refractivity contribution in [2.75, 3.05) is 0 Å². The van der Waals surface area contributed by atoms with E-state index >= 15 is 0 Å². The maximum atomic E-state index is 10.4. The van der Waals surface area contributed by atoms with Crippen LogP contribution in [-0.4, -0.2) is 30.3 Å². The van der Waals surface area contributed by atoms with Crippen LogP contribution in [0.4, 0.5) is 0 Å². The molecule has 0 bridgehead atoms. The summed E-state index contributed by atoms with van der Waals surface area (Å²) in [4.78, 5) is 26.0. The van der Waals surface area contributed by atoms with E-state index in [-0.39, 0.29) is 58.2 Å². The molecule has 0 atom stereocenters. The number of nitro groups is 3. The van der Waals surface area contributed by atoms with Crippen molar-refractivity contribution >= 4 is 0 Å². The van der Waals surface area contributed by atoms with Crippen molar-refractivity contribution in [3.63, 3.8) is 0 Å². The first kappa shape index (κ1) is 15.1. The van der Waals surface area contributed by atoms with Crippen LogP contribution in [0.15, 0.2) is 0 Å². The molecule has 14 heteroatoms. The third-order valence-electron chi connectivity index (χ3n) is 1.38. The predicted molar refractivity (Wildman–Crippen MR) is 35.8 cm³/mol. The fourth-order valence-electron chi connectivity index (χ4n) is 0.724. The average molecular weight is 304 g/mol. The molecule has 0 N–H and O–H groups in total. The van der Waals surface area contributed by atoms with Gasteiger partial charge < -0.3 is 5.10 Å². The Bertz CT molecular complexity index is 378. The number of hydrogen-bond acceptors (Lipinski definition) is 9. The molecule has 1 rings (SSSR count). The molecule has 0 amide bonds. The quantitative estimate of drug-likeness (QED) is 0.296. The molecule has 0 aromatic carbocycles. The van der Waals surface area contributed by atoms with Gasteiger partial charge in [0, 0.05) is 0 Å². The fraction of sp³-hybridized carbons (Fsp3) is 0.500. The van der Waals surface area contributed by atoms with Crippen LogP contribution in [0.25, 0.3) is 0 Å². The van der Waals surface area contributed by atoms with Gasteiger partial charge in [-0.2, -0.15) is 5.21 Å². The average Bonchev–Trinajstić information content (AvgIpc) is 2.55. The summed E-state index contributed by atoms with van der Waals surface area (Å²) in [5.74, 6) is -5.16. The van der Waals surface area contributed by atoms with E-state index in [4.69, 9.17) is 0 Å². The summed E-state index contributed by atoms with van der Waals surface area (Å²) in [6.45, 7) is 0. The summed E-state index contributed by atoms with van der Waals surface area (Å²) in [6, 6.07) is 0. The summed E-state index contributed by atoms with van der Waals surface area (Å²) < 4.78 is 0.